The van der Waals surface area contributed by atoms with E-state index in [-0.39, 0.29) is 30.5 Å². The van der Waals surface area contributed by atoms with E-state index in [9.17, 15) is 23.9 Å². The molecule has 0 saturated carbocycles. The molecule has 0 radical (unpaired) electrons. The van der Waals surface area contributed by atoms with E-state index in [0.29, 0.717) is 11.3 Å². The lowest BCUT2D eigenvalue weighted by molar-refractivity contribution is -0.135. The van der Waals surface area contributed by atoms with Crippen LogP contribution in [0.5, 0.6) is 0 Å². The molecule has 2 aromatic rings. The average molecular weight is 372 g/mol. The largest absolute Gasteiger partial charge is 0.478 e. The van der Waals surface area contributed by atoms with Crippen molar-refractivity contribution in [1.29, 1.82) is 0 Å². The number of nitrogens with zero attached hydrogens (tertiary/aromatic N) is 1. The van der Waals surface area contributed by atoms with Gasteiger partial charge in [0.2, 0.25) is 11.8 Å². The van der Waals surface area contributed by atoms with Gasteiger partial charge in [-0.25, -0.2) is 9.18 Å². The quantitative estimate of drug-likeness (QED) is 0.782. The molecule has 27 heavy (non-hydrogen) atoms. The summed E-state index contributed by atoms with van der Waals surface area (Å²) in [6, 6.07) is 11.3. The lowest BCUT2D eigenvalue weighted by atomic mass is 10.0. The molecule has 0 aliphatic carbocycles. The Morgan fingerprint density at radius 3 is 2.30 bits per heavy atom. The Kier molecular flexibility index (Phi) is 6.65. The van der Waals surface area contributed by atoms with Crippen molar-refractivity contribution in [3.05, 3.63) is 65.5 Å². The van der Waals surface area contributed by atoms with Crippen molar-refractivity contribution in [3.63, 3.8) is 0 Å². The van der Waals surface area contributed by atoms with E-state index in [1.165, 1.54) is 35.2 Å². The number of carbonyl (C=O) groups excluding carboxylic acids is 2. The van der Waals surface area contributed by atoms with Crippen LogP contribution in [-0.4, -0.2) is 40.4 Å². The molecule has 6 nitrogen and oxygen atoms in total. The fourth-order valence-corrected chi connectivity index (χ4v) is 2.59. The van der Waals surface area contributed by atoms with Crippen LogP contribution in [-0.2, 0) is 16.0 Å². The van der Waals surface area contributed by atoms with Gasteiger partial charge in [0, 0.05) is 11.7 Å². The molecule has 2 amide bonds. The first-order valence-corrected chi connectivity index (χ1v) is 8.44. The summed E-state index contributed by atoms with van der Waals surface area (Å²) >= 11 is 0. The molecule has 0 aliphatic heterocycles. The zero-order valence-corrected chi connectivity index (χ0v) is 15.1. The first kappa shape index (κ1) is 20.1. The third-order valence-electron chi connectivity index (χ3n) is 3.98. The highest BCUT2D eigenvalue weighted by Crippen LogP contribution is 2.13. The topological polar surface area (TPSA) is 86.7 Å². The molecule has 0 aliphatic rings. The fraction of sp³-hybridized carbons (Fsp3) is 0.250. The molecule has 7 heteroatoms. The second kappa shape index (κ2) is 8.93. The van der Waals surface area contributed by atoms with E-state index in [1.54, 1.807) is 32.0 Å². The van der Waals surface area contributed by atoms with Gasteiger partial charge in [-0.3, -0.25) is 9.59 Å². The minimum absolute atomic E-state index is 0.0605. The van der Waals surface area contributed by atoms with Gasteiger partial charge in [0.05, 0.1) is 12.0 Å². The molecule has 0 aromatic heterocycles. The summed E-state index contributed by atoms with van der Waals surface area (Å²) in [7, 11) is 0. The zero-order valence-electron chi connectivity index (χ0n) is 15.1. The van der Waals surface area contributed by atoms with Crippen LogP contribution in [0.2, 0.25) is 0 Å². The number of carbonyl (C=O) groups is 3. The highest BCUT2D eigenvalue weighted by molar-refractivity contribution is 5.96. The Morgan fingerprint density at radius 1 is 1.07 bits per heavy atom. The lowest BCUT2D eigenvalue weighted by Gasteiger charge is -2.26. The van der Waals surface area contributed by atoms with Gasteiger partial charge >= 0.3 is 5.97 Å². The van der Waals surface area contributed by atoms with Gasteiger partial charge in [0.15, 0.2) is 0 Å². The van der Waals surface area contributed by atoms with Gasteiger partial charge in [0.1, 0.15) is 12.4 Å². The number of carboxylic acid groups (broad SMARTS) is 1. The number of aromatic carboxylic acids is 1. The predicted octanol–water partition coefficient (Wildman–Crippen LogP) is 2.94. The minimum atomic E-state index is -1.11. The Morgan fingerprint density at radius 2 is 1.70 bits per heavy atom. The Bertz CT molecular complexity index is 834. The van der Waals surface area contributed by atoms with Gasteiger partial charge in [-0.2, -0.15) is 0 Å². The molecule has 142 valence electrons. The number of hydrogen-bond acceptors (Lipinski definition) is 3. The minimum Gasteiger partial charge on any atom is -0.478 e. The standard InChI is InChI=1S/C20H21FN2O4/c1-13(2)23(12-18(24)22-16-9-7-15(21)8-10-16)19(25)11-14-5-3-4-6-17(14)20(26)27/h3-10,13H,11-12H2,1-2H3,(H,22,24)(H,26,27). The number of halogens is 1. The number of carboxylic acids is 1. The van der Waals surface area contributed by atoms with Crippen molar-refractivity contribution in [2.75, 3.05) is 11.9 Å². The number of nitrogens with one attached hydrogen (secondary N) is 1. The molecule has 0 fully saturated rings. The summed E-state index contributed by atoms with van der Waals surface area (Å²) < 4.78 is 12.9. The van der Waals surface area contributed by atoms with E-state index < -0.39 is 17.7 Å². The highest BCUT2D eigenvalue weighted by Gasteiger charge is 2.22. The fourth-order valence-electron chi connectivity index (χ4n) is 2.59. The molecule has 2 aromatic carbocycles. The van der Waals surface area contributed by atoms with Crippen LogP contribution in [0.1, 0.15) is 29.8 Å². The zero-order chi connectivity index (χ0) is 20.0. The number of hydrogen-bond donors (Lipinski definition) is 2. The van der Waals surface area contributed by atoms with Crippen LogP contribution in [0.4, 0.5) is 10.1 Å². The van der Waals surface area contributed by atoms with Gasteiger partial charge in [0.25, 0.3) is 0 Å². The summed E-state index contributed by atoms with van der Waals surface area (Å²) in [5.74, 6) is -2.30. The summed E-state index contributed by atoms with van der Waals surface area (Å²) in [6.07, 6.45) is -0.121. The maximum Gasteiger partial charge on any atom is 0.335 e. The van der Waals surface area contributed by atoms with Crippen LogP contribution in [0, 0.1) is 5.82 Å². The summed E-state index contributed by atoms with van der Waals surface area (Å²) in [5.41, 5.74) is 0.874. The van der Waals surface area contributed by atoms with E-state index in [2.05, 4.69) is 5.32 Å². The van der Waals surface area contributed by atoms with E-state index in [4.69, 9.17) is 0 Å². The molecule has 2 rings (SSSR count). The first-order chi connectivity index (χ1) is 12.8. The molecule has 0 saturated heterocycles. The van der Waals surface area contributed by atoms with Gasteiger partial charge in [-0.05, 0) is 49.7 Å². The molecule has 0 atom stereocenters. The molecule has 0 bridgehead atoms. The number of benzene rings is 2. The monoisotopic (exact) mass is 372 g/mol. The normalized spacial score (nSPS) is 10.5. The van der Waals surface area contributed by atoms with Gasteiger partial charge in [-0.1, -0.05) is 18.2 Å². The summed E-state index contributed by atoms with van der Waals surface area (Å²) in [4.78, 5) is 37.6. The van der Waals surface area contributed by atoms with Crippen molar-refractivity contribution in [1.82, 2.24) is 4.90 Å². The van der Waals surface area contributed by atoms with E-state index >= 15 is 0 Å². The van der Waals surface area contributed by atoms with Crippen LogP contribution in [0.3, 0.4) is 0 Å². The Labute approximate surface area is 156 Å². The summed E-state index contributed by atoms with van der Waals surface area (Å²) in [5, 5.41) is 11.8. The van der Waals surface area contributed by atoms with E-state index in [1.807, 2.05) is 0 Å². The maximum absolute atomic E-state index is 12.9. The number of anilines is 1. The second-order valence-corrected chi connectivity index (χ2v) is 6.31. The van der Waals surface area contributed by atoms with Crippen molar-refractivity contribution in [2.24, 2.45) is 0 Å². The first-order valence-electron chi connectivity index (χ1n) is 8.44. The van der Waals surface area contributed by atoms with E-state index in [0.717, 1.165) is 0 Å². The molecular formula is C20H21FN2O4. The smallest absolute Gasteiger partial charge is 0.335 e. The Hall–Kier alpha value is -3.22. The van der Waals surface area contributed by atoms with Crippen LogP contribution in [0.25, 0.3) is 0 Å². The van der Waals surface area contributed by atoms with Crippen molar-refractivity contribution < 1.29 is 23.9 Å². The van der Waals surface area contributed by atoms with Crippen LogP contribution >= 0.6 is 0 Å². The van der Waals surface area contributed by atoms with Crippen molar-refractivity contribution in [2.45, 2.75) is 26.3 Å². The maximum atomic E-state index is 12.9. The third kappa shape index (κ3) is 5.64. The number of rotatable bonds is 7. The molecule has 0 heterocycles. The predicted molar refractivity (Wildman–Crippen MR) is 99.0 cm³/mol. The lowest BCUT2D eigenvalue weighted by Crippen LogP contribution is -2.43. The van der Waals surface area contributed by atoms with Crippen LogP contribution in [0.15, 0.2) is 48.5 Å². The van der Waals surface area contributed by atoms with Gasteiger partial charge < -0.3 is 15.3 Å². The molecular weight excluding hydrogens is 351 g/mol. The molecule has 0 spiro atoms. The third-order valence-corrected chi connectivity index (χ3v) is 3.98. The Balaban J connectivity index is 2.08. The molecule has 0 unspecified atom stereocenters. The van der Waals surface area contributed by atoms with Crippen LogP contribution < -0.4 is 5.32 Å². The second-order valence-electron chi connectivity index (χ2n) is 6.31. The molecule has 2 N–H and O–H groups in total. The van der Waals surface area contributed by atoms with Crippen molar-refractivity contribution >= 4 is 23.5 Å². The average Bonchev–Trinajstić information content (AvgIpc) is 2.61. The number of amides is 2. The highest BCUT2D eigenvalue weighted by atomic mass is 19.1. The SMILES string of the molecule is CC(C)N(CC(=O)Nc1ccc(F)cc1)C(=O)Cc1ccccc1C(=O)O. The van der Waals surface area contributed by atoms with Gasteiger partial charge in [-0.15, -0.1) is 0 Å². The van der Waals surface area contributed by atoms with Crippen molar-refractivity contribution in [3.8, 4) is 0 Å². The summed E-state index contributed by atoms with van der Waals surface area (Å²) in [6.45, 7) is 3.35.